The summed E-state index contributed by atoms with van der Waals surface area (Å²) < 4.78 is 5.84. The molecule has 4 heteroatoms. The van der Waals surface area contributed by atoms with Crippen LogP contribution in [-0.4, -0.2) is 42.9 Å². The lowest BCUT2D eigenvalue weighted by molar-refractivity contribution is -0.0304. The van der Waals surface area contributed by atoms with Crippen molar-refractivity contribution >= 4 is 11.6 Å². The molecule has 1 aromatic rings. The van der Waals surface area contributed by atoms with Gasteiger partial charge in [0.25, 0.3) is 0 Å². The highest BCUT2D eigenvalue weighted by atomic mass is 35.5. The summed E-state index contributed by atoms with van der Waals surface area (Å²) in [5.74, 6) is 0. The molecule has 0 bridgehead atoms. The van der Waals surface area contributed by atoms with E-state index < -0.39 is 0 Å². The van der Waals surface area contributed by atoms with Crippen LogP contribution >= 0.6 is 11.6 Å². The highest BCUT2D eigenvalue weighted by molar-refractivity contribution is 6.30. The second-order valence-corrected chi connectivity index (χ2v) is 5.43. The maximum absolute atomic E-state index is 8.77. The summed E-state index contributed by atoms with van der Waals surface area (Å²) in [6, 6.07) is 7.92. The van der Waals surface area contributed by atoms with Crippen LogP contribution in [0.15, 0.2) is 24.3 Å². The Hall–Kier alpha value is -0.610. The lowest BCUT2D eigenvalue weighted by Crippen LogP contribution is -2.38. The molecule has 0 amide bonds. The summed E-state index contributed by atoms with van der Waals surface area (Å²) in [4.78, 5) is 2.44. The van der Waals surface area contributed by atoms with E-state index in [2.05, 4.69) is 4.90 Å². The zero-order valence-corrected chi connectivity index (χ0v) is 12.0. The first kappa shape index (κ1) is 14.8. The van der Waals surface area contributed by atoms with E-state index in [0.29, 0.717) is 6.61 Å². The number of aliphatic hydroxyl groups excluding tert-OH is 1. The van der Waals surface area contributed by atoms with Gasteiger partial charge in [-0.1, -0.05) is 23.7 Å². The molecule has 1 heterocycles. The van der Waals surface area contributed by atoms with E-state index in [1.165, 1.54) is 5.56 Å². The molecule has 2 rings (SSSR count). The fourth-order valence-electron chi connectivity index (χ4n) is 2.41. The number of rotatable bonds is 6. The first-order valence-corrected chi connectivity index (χ1v) is 7.37. The van der Waals surface area contributed by atoms with Crippen LogP contribution in [0, 0.1) is 0 Å². The van der Waals surface area contributed by atoms with Gasteiger partial charge in [0.2, 0.25) is 0 Å². The van der Waals surface area contributed by atoms with E-state index in [4.69, 9.17) is 21.4 Å². The number of benzene rings is 1. The molecule has 106 valence electrons. The monoisotopic (exact) mass is 283 g/mol. The average molecular weight is 284 g/mol. The van der Waals surface area contributed by atoms with Crippen LogP contribution in [0.25, 0.3) is 0 Å². The highest BCUT2D eigenvalue weighted by Crippen LogP contribution is 2.23. The molecule has 0 aromatic heterocycles. The number of unbranched alkanes of at least 4 members (excludes halogenated alkanes) is 2. The van der Waals surface area contributed by atoms with E-state index >= 15 is 0 Å². The Balaban J connectivity index is 1.81. The van der Waals surface area contributed by atoms with Gasteiger partial charge in [-0.05, 0) is 43.5 Å². The number of morpholine rings is 1. The van der Waals surface area contributed by atoms with Crippen LogP contribution < -0.4 is 0 Å². The van der Waals surface area contributed by atoms with Gasteiger partial charge in [0, 0.05) is 24.7 Å². The van der Waals surface area contributed by atoms with Crippen LogP contribution in [0.2, 0.25) is 5.02 Å². The Morgan fingerprint density at radius 1 is 1.21 bits per heavy atom. The normalized spacial score (nSPS) is 20.6. The second-order valence-electron chi connectivity index (χ2n) is 5.00. The summed E-state index contributed by atoms with van der Waals surface area (Å²) in [5.41, 5.74) is 1.20. The summed E-state index contributed by atoms with van der Waals surface area (Å²) >= 11 is 5.91. The number of hydrogen-bond acceptors (Lipinski definition) is 3. The molecule has 0 radical (unpaired) electrons. The fraction of sp³-hybridized carbons (Fsp3) is 0.600. The van der Waals surface area contributed by atoms with Gasteiger partial charge in [0.1, 0.15) is 0 Å². The van der Waals surface area contributed by atoms with Crippen LogP contribution in [0.5, 0.6) is 0 Å². The van der Waals surface area contributed by atoms with Crippen molar-refractivity contribution in [1.29, 1.82) is 0 Å². The van der Waals surface area contributed by atoms with E-state index in [1.807, 2.05) is 24.3 Å². The maximum atomic E-state index is 8.77. The van der Waals surface area contributed by atoms with Crippen LogP contribution in [0.3, 0.4) is 0 Å². The number of ether oxygens (including phenoxy) is 1. The van der Waals surface area contributed by atoms with Gasteiger partial charge < -0.3 is 9.84 Å². The Morgan fingerprint density at radius 3 is 2.74 bits per heavy atom. The predicted octanol–water partition coefficient (Wildman–Crippen LogP) is 2.88. The predicted molar refractivity (Wildman–Crippen MR) is 77.5 cm³/mol. The standard InChI is InChI=1S/C15H22ClNO2/c16-14-6-4-13(5-7-14)15-12-17(9-11-19-15)8-2-1-3-10-18/h4-7,15,18H,1-3,8-12H2. The zero-order valence-electron chi connectivity index (χ0n) is 11.2. The third kappa shape index (κ3) is 4.77. The quantitative estimate of drug-likeness (QED) is 0.815. The molecule has 0 spiro atoms. The van der Waals surface area contributed by atoms with Gasteiger partial charge in [-0.2, -0.15) is 0 Å². The molecular formula is C15H22ClNO2. The van der Waals surface area contributed by atoms with Crippen molar-refractivity contribution in [2.24, 2.45) is 0 Å². The fourth-order valence-corrected chi connectivity index (χ4v) is 2.53. The molecule has 1 aromatic carbocycles. The van der Waals surface area contributed by atoms with Crippen molar-refractivity contribution in [3.63, 3.8) is 0 Å². The SMILES string of the molecule is OCCCCCN1CCOC(c2ccc(Cl)cc2)C1. The number of halogens is 1. The third-order valence-corrected chi connectivity index (χ3v) is 3.78. The molecular weight excluding hydrogens is 262 g/mol. The van der Waals surface area contributed by atoms with Crippen LogP contribution in [-0.2, 0) is 4.74 Å². The van der Waals surface area contributed by atoms with Crippen molar-refractivity contribution in [2.75, 3.05) is 32.8 Å². The minimum atomic E-state index is 0.156. The minimum absolute atomic E-state index is 0.156. The number of hydrogen-bond donors (Lipinski definition) is 1. The molecule has 3 nitrogen and oxygen atoms in total. The van der Waals surface area contributed by atoms with Crippen molar-refractivity contribution in [3.8, 4) is 0 Å². The lowest BCUT2D eigenvalue weighted by atomic mass is 10.1. The molecule has 1 saturated heterocycles. The molecule has 1 fully saturated rings. The van der Waals surface area contributed by atoms with Gasteiger partial charge in [-0.15, -0.1) is 0 Å². The van der Waals surface area contributed by atoms with E-state index in [-0.39, 0.29) is 6.10 Å². The molecule has 0 aliphatic carbocycles. The van der Waals surface area contributed by atoms with Crippen LogP contribution in [0.4, 0.5) is 0 Å². The number of nitrogens with zero attached hydrogens (tertiary/aromatic N) is 1. The summed E-state index contributed by atoms with van der Waals surface area (Å²) in [6.07, 6.45) is 3.31. The Kier molecular flexibility index (Phi) is 6.11. The zero-order chi connectivity index (χ0) is 13.5. The largest absolute Gasteiger partial charge is 0.396 e. The first-order chi connectivity index (χ1) is 9.29. The maximum Gasteiger partial charge on any atom is 0.0952 e. The molecule has 19 heavy (non-hydrogen) atoms. The summed E-state index contributed by atoms with van der Waals surface area (Å²) in [5, 5.41) is 9.54. The van der Waals surface area contributed by atoms with Gasteiger partial charge in [0.05, 0.1) is 12.7 Å². The van der Waals surface area contributed by atoms with E-state index in [9.17, 15) is 0 Å². The smallest absolute Gasteiger partial charge is 0.0952 e. The van der Waals surface area contributed by atoms with Crippen molar-refractivity contribution in [1.82, 2.24) is 4.90 Å². The van der Waals surface area contributed by atoms with Gasteiger partial charge in [-0.3, -0.25) is 4.90 Å². The Bertz CT molecular complexity index is 369. The van der Waals surface area contributed by atoms with E-state index in [0.717, 1.165) is 50.5 Å². The molecule has 1 aliphatic heterocycles. The van der Waals surface area contributed by atoms with E-state index in [1.54, 1.807) is 0 Å². The van der Waals surface area contributed by atoms with Gasteiger partial charge in [-0.25, -0.2) is 0 Å². The van der Waals surface area contributed by atoms with Crippen molar-refractivity contribution in [3.05, 3.63) is 34.9 Å². The third-order valence-electron chi connectivity index (χ3n) is 3.52. The second kappa shape index (κ2) is 7.85. The Labute approximate surface area is 120 Å². The molecule has 1 N–H and O–H groups in total. The van der Waals surface area contributed by atoms with Crippen LogP contribution in [0.1, 0.15) is 30.9 Å². The molecule has 1 aliphatic rings. The lowest BCUT2D eigenvalue weighted by Gasteiger charge is -2.33. The molecule has 1 atom stereocenters. The summed E-state index contributed by atoms with van der Waals surface area (Å²) in [6.45, 7) is 4.13. The van der Waals surface area contributed by atoms with Gasteiger partial charge in [0.15, 0.2) is 0 Å². The van der Waals surface area contributed by atoms with Crippen molar-refractivity contribution < 1.29 is 9.84 Å². The van der Waals surface area contributed by atoms with Gasteiger partial charge >= 0.3 is 0 Å². The Morgan fingerprint density at radius 2 is 2.00 bits per heavy atom. The van der Waals surface area contributed by atoms with Crippen molar-refractivity contribution in [2.45, 2.75) is 25.4 Å². The first-order valence-electron chi connectivity index (χ1n) is 7.00. The average Bonchev–Trinajstić information content (AvgIpc) is 2.45. The highest BCUT2D eigenvalue weighted by Gasteiger charge is 2.21. The minimum Gasteiger partial charge on any atom is -0.396 e. The molecule has 0 saturated carbocycles. The molecule has 1 unspecified atom stereocenters. The number of aliphatic hydroxyl groups is 1. The summed E-state index contributed by atoms with van der Waals surface area (Å²) in [7, 11) is 0. The topological polar surface area (TPSA) is 32.7 Å².